The Morgan fingerprint density at radius 2 is 1.79 bits per heavy atom. The maximum Gasteiger partial charge on any atom is 0.234 e. The molecule has 0 spiro atoms. The summed E-state index contributed by atoms with van der Waals surface area (Å²) in [6.07, 6.45) is 4.49. The van der Waals surface area contributed by atoms with Crippen LogP contribution in [0.4, 0.5) is 5.69 Å². The van der Waals surface area contributed by atoms with Crippen molar-refractivity contribution in [2.45, 2.75) is 11.6 Å². The minimum atomic E-state index is -0.135. The van der Waals surface area contributed by atoms with Gasteiger partial charge in [-0.15, -0.1) is 10.2 Å². The van der Waals surface area contributed by atoms with Crippen LogP contribution in [0.1, 0.15) is 11.4 Å². The quantitative estimate of drug-likeness (QED) is 0.448. The van der Waals surface area contributed by atoms with Crippen molar-refractivity contribution in [2.75, 3.05) is 11.1 Å². The van der Waals surface area contributed by atoms with Crippen molar-refractivity contribution < 1.29 is 4.79 Å². The van der Waals surface area contributed by atoms with Gasteiger partial charge in [0.15, 0.2) is 5.82 Å². The van der Waals surface area contributed by atoms with Gasteiger partial charge in [-0.2, -0.15) is 0 Å². The van der Waals surface area contributed by atoms with E-state index in [1.165, 1.54) is 11.8 Å². The number of halogens is 1. The third-order valence-electron chi connectivity index (χ3n) is 4.14. The first-order valence-electron chi connectivity index (χ1n) is 8.99. The Bertz CT molecular complexity index is 1100. The van der Waals surface area contributed by atoms with Gasteiger partial charge >= 0.3 is 0 Å². The van der Waals surface area contributed by atoms with Gasteiger partial charge < -0.3 is 5.32 Å². The Hall–Kier alpha value is -3.03. The van der Waals surface area contributed by atoms with E-state index in [0.717, 1.165) is 11.4 Å². The van der Waals surface area contributed by atoms with Crippen LogP contribution in [-0.2, 0) is 11.2 Å². The normalized spacial score (nSPS) is 10.8. The van der Waals surface area contributed by atoms with Gasteiger partial charge in [0.05, 0.1) is 5.75 Å². The predicted octanol–water partition coefficient (Wildman–Crippen LogP) is 4.37. The van der Waals surface area contributed by atoms with Gasteiger partial charge in [-0.3, -0.25) is 9.47 Å². The van der Waals surface area contributed by atoms with E-state index in [9.17, 15) is 4.79 Å². The second kappa shape index (κ2) is 8.98. The minimum Gasteiger partial charge on any atom is -0.325 e. The summed E-state index contributed by atoms with van der Waals surface area (Å²) in [6, 6.07) is 21.0. The number of hydrogen-bond acceptors (Lipinski definition) is 4. The highest BCUT2D eigenvalue weighted by atomic mass is 35.5. The Morgan fingerprint density at radius 3 is 2.55 bits per heavy atom. The van der Waals surface area contributed by atoms with Gasteiger partial charge in [-0.1, -0.05) is 59.8 Å². The zero-order chi connectivity index (χ0) is 20.1. The van der Waals surface area contributed by atoms with Crippen molar-refractivity contribution in [1.82, 2.24) is 19.5 Å². The molecule has 29 heavy (non-hydrogen) atoms. The van der Waals surface area contributed by atoms with E-state index in [4.69, 9.17) is 11.6 Å². The van der Waals surface area contributed by atoms with Crippen molar-refractivity contribution in [2.24, 2.45) is 0 Å². The van der Waals surface area contributed by atoms with E-state index in [2.05, 4.69) is 27.6 Å². The first-order valence-corrected chi connectivity index (χ1v) is 10.4. The fraction of sp³-hybridized carbons (Fsp3) is 0.0952. The summed E-state index contributed by atoms with van der Waals surface area (Å²) in [4.78, 5) is 12.4. The topological polar surface area (TPSA) is 64.7 Å². The Morgan fingerprint density at radius 1 is 1.00 bits per heavy atom. The number of anilines is 1. The molecular formula is C21H18ClN5OS. The summed E-state index contributed by atoms with van der Waals surface area (Å²) in [6.45, 7) is 0. The number of carbonyl (C=O) groups excluding carboxylic acids is 1. The predicted molar refractivity (Wildman–Crippen MR) is 115 cm³/mol. The van der Waals surface area contributed by atoms with Crippen molar-refractivity contribution in [3.8, 4) is 0 Å². The molecule has 2 aromatic heterocycles. The van der Waals surface area contributed by atoms with E-state index in [1.54, 1.807) is 24.3 Å². The molecule has 0 aliphatic carbocycles. The summed E-state index contributed by atoms with van der Waals surface area (Å²) in [5.41, 5.74) is 1.81. The van der Waals surface area contributed by atoms with Crippen LogP contribution in [0.5, 0.6) is 0 Å². The van der Waals surface area contributed by atoms with Crippen molar-refractivity contribution in [3.63, 3.8) is 0 Å². The number of hydrogen-bond donors (Lipinski definition) is 1. The van der Waals surface area contributed by atoms with E-state index < -0.39 is 0 Å². The molecule has 4 rings (SSSR count). The van der Waals surface area contributed by atoms with Gasteiger partial charge in [0.25, 0.3) is 0 Å². The van der Waals surface area contributed by atoms with Gasteiger partial charge in [0, 0.05) is 29.5 Å². The first-order chi connectivity index (χ1) is 14.2. The molecule has 0 bridgehead atoms. The summed E-state index contributed by atoms with van der Waals surface area (Å²) < 4.78 is 3.83. The maximum absolute atomic E-state index is 12.4. The minimum absolute atomic E-state index is 0.135. The lowest BCUT2D eigenvalue weighted by Crippen LogP contribution is -2.16. The number of benzene rings is 2. The van der Waals surface area contributed by atoms with Crippen molar-refractivity contribution in [3.05, 3.63) is 95.5 Å². The number of nitrogens with zero attached hydrogens (tertiary/aromatic N) is 4. The average molecular weight is 424 g/mol. The van der Waals surface area contributed by atoms with Crippen LogP contribution < -0.4 is 5.32 Å². The lowest BCUT2D eigenvalue weighted by atomic mass is 10.1. The largest absolute Gasteiger partial charge is 0.325 e. The summed E-state index contributed by atoms with van der Waals surface area (Å²) in [5.74, 6) is 0.867. The second-order valence-corrected chi connectivity index (χ2v) is 7.66. The monoisotopic (exact) mass is 423 g/mol. The molecule has 0 atom stereocenters. The Labute approximate surface area is 177 Å². The third kappa shape index (κ3) is 4.88. The molecule has 0 saturated carbocycles. The molecule has 1 amide bonds. The fourth-order valence-corrected chi connectivity index (χ4v) is 3.80. The lowest BCUT2D eigenvalue weighted by Gasteiger charge is -2.11. The number of carbonyl (C=O) groups is 1. The zero-order valence-electron chi connectivity index (χ0n) is 15.4. The van der Waals surface area contributed by atoms with Gasteiger partial charge in [0.1, 0.15) is 0 Å². The Balaban J connectivity index is 1.50. The van der Waals surface area contributed by atoms with Crippen LogP contribution in [0.25, 0.3) is 0 Å². The summed E-state index contributed by atoms with van der Waals surface area (Å²) in [7, 11) is 0. The highest BCUT2D eigenvalue weighted by Crippen LogP contribution is 2.20. The van der Waals surface area contributed by atoms with Gasteiger partial charge in [-0.25, -0.2) is 4.68 Å². The molecule has 2 heterocycles. The standard InChI is InChI=1S/C21H18ClN5OS/c22-17-9-6-10-18(14-17)23-20(28)15-29-21-25-24-19(13-16-7-2-1-3-8-16)27(21)26-11-4-5-12-26/h1-12,14H,13,15H2,(H,23,28). The lowest BCUT2D eigenvalue weighted by molar-refractivity contribution is -0.113. The molecule has 2 aromatic carbocycles. The van der Waals surface area contributed by atoms with Crippen LogP contribution in [0.15, 0.2) is 84.3 Å². The van der Waals surface area contributed by atoms with E-state index >= 15 is 0 Å². The SMILES string of the molecule is O=C(CSc1nnc(Cc2ccccc2)n1-n1cccc1)Nc1cccc(Cl)c1. The number of thioether (sulfide) groups is 1. The van der Waals surface area contributed by atoms with Crippen LogP contribution in [0, 0.1) is 0 Å². The molecule has 4 aromatic rings. The van der Waals surface area contributed by atoms with Crippen molar-refractivity contribution in [1.29, 1.82) is 0 Å². The highest BCUT2D eigenvalue weighted by Gasteiger charge is 2.16. The van der Waals surface area contributed by atoms with Crippen LogP contribution >= 0.6 is 23.4 Å². The maximum atomic E-state index is 12.4. The molecule has 0 fully saturated rings. The summed E-state index contributed by atoms with van der Waals surface area (Å²) >= 11 is 7.30. The molecule has 0 aliphatic heterocycles. The molecular weight excluding hydrogens is 406 g/mol. The zero-order valence-corrected chi connectivity index (χ0v) is 17.0. The van der Waals surface area contributed by atoms with Crippen molar-refractivity contribution >= 4 is 35.0 Å². The van der Waals surface area contributed by atoms with E-state index in [0.29, 0.717) is 22.3 Å². The number of aromatic nitrogens is 4. The third-order valence-corrected chi connectivity index (χ3v) is 5.30. The first kappa shape index (κ1) is 19.3. The van der Waals surface area contributed by atoms with Crippen LogP contribution in [0.3, 0.4) is 0 Å². The summed E-state index contributed by atoms with van der Waals surface area (Å²) in [5, 5.41) is 12.7. The molecule has 0 unspecified atom stereocenters. The molecule has 6 nitrogen and oxygen atoms in total. The van der Waals surface area contributed by atoms with Crippen LogP contribution in [-0.4, -0.2) is 31.2 Å². The molecule has 0 radical (unpaired) electrons. The van der Waals surface area contributed by atoms with Crippen LogP contribution in [0.2, 0.25) is 5.02 Å². The average Bonchev–Trinajstić information content (AvgIpc) is 3.37. The number of nitrogens with one attached hydrogen (secondary N) is 1. The second-order valence-electron chi connectivity index (χ2n) is 6.28. The number of amides is 1. The van der Waals surface area contributed by atoms with Gasteiger partial charge in [0.2, 0.25) is 11.1 Å². The van der Waals surface area contributed by atoms with Gasteiger partial charge in [-0.05, 0) is 35.9 Å². The van der Waals surface area contributed by atoms with E-state index in [1.807, 2.05) is 52.1 Å². The highest BCUT2D eigenvalue weighted by molar-refractivity contribution is 7.99. The Kier molecular flexibility index (Phi) is 5.97. The fourth-order valence-electron chi connectivity index (χ4n) is 2.86. The molecule has 0 saturated heterocycles. The smallest absolute Gasteiger partial charge is 0.234 e. The number of rotatable bonds is 7. The molecule has 146 valence electrons. The molecule has 0 aliphatic rings. The molecule has 1 N–H and O–H groups in total. The molecule has 8 heteroatoms. The van der Waals surface area contributed by atoms with E-state index in [-0.39, 0.29) is 11.7 Å².